The van der Waals surface area contributed by atoms with E-state index in [1.807, 2.05) is 18.3 Å². The van der Waals surface area contributed by atoms with E-state index < -0.39 is 10.0 Å². The van der Waals surface area contributed by atoms with Gasteiger partial charge in [-0.25, -0.2) is 8.42 Å². The van der Waals surface area contributed by atoms with E-state index in [1.54, 1.807) is 4.31 Å². The third-order valence-corrected chi connectivity index (χ3v) is 5.14. The van der Waals surface area contributed by atoms with E-state index in [9.17, 15) is 8.42 Å². The highest BCUT2D eigenvalue weighted by Crippen LogP contribution is 2.35. The topological polar surface area (TPSA) is 81.8 Å². The molecule has 1 aliphatic rings. The van der Waals surface area contributed by atoms with E-state index in [-0.39, 0.29) is 10.9 Å². The predicted octanol–water partition coefficient (Wildman–Crippen LogP) is 1.26. The summed E-state index contributed by atoms with van der Waals surface area (Å²) in [6, 6.07) is 3.71. The highest BCUT2D eigenvalue weighted by molar-refractivity contribution is 7.89. The first-order valence-electron chi connectivity index (χ1n) is 5.83. The van der Waals surface area contributed by atoms with Gasteiger partial charge in [-0.2, -0.15) is 9.40 Å². The quantitative estimate of drug-likeness (QED) is 0.877. The first kappa shape index (κ1) is 11.5. The second-order valence-electron chi connectivity index (χ2n) is 4.33. The Labute approximate surface area is 105 Å². The Bertz CT molecular complexity index is 604. The lowest BCUT2D eigenvalue weighted by atomic mass is 10.2. The third-order valence-electron chi connectivity index (χ3n) is 3.26. The van der Waals surface area contributed by atoms with Crippen molar-refractivity contribution in [1.29, 1.82) is 0 Å². The summed E-state index contributed by atoms with van der Waals surface area (Å²) < 4.78 is 26.5. The molecule has 2 aromatic heterocycles. The molecule has 3 heterocycles. The molecule has 0 aromatic carbocycles. The third kappa shape index (κ3) is 1.75. The standard InChI is InChI=1S/C11H14N4O2S/c16-18(17,9-7-13-14-8-9)15-6-2-4-11(15)10-3-1-5-12-10/h1,3,5,7-8,11-12H,2,4,6H2,(H,13,14). The highest BCUT2D eigenvalue weighted by Gasteiger charge is 2.36. The molecule has 6 nitrogen and oxygen atoms in total. The molecule has 1 saturated heterocycles. The predicted molar refractivity (Wildman–Crippen MR) is 65.2 cm³/mol. The number of rotatable bonds is 3. The number of hydrogen-bond donors (Lipinski definition) is 2. The fraction of sp³-hybridized carbons (Fsp3) is 0.364. The summed E-state index contributed by atoms with van der Waals surface area (Å²) in [4.78, 5) is 3.32. The lowest BCUT2D eigenvalue weighted by molar-refractivity contribution is 0.391. The molecule has 3 rings (SSSR count). The second-order valence-corrected chi connectivity index (χ2v) is 6.22. The van der Waals surface area contributed by atoms with Gasteiger partial charge in [0.2, 0.25) is 10.0 Å². The van der Waals surface area contributed by atoms with Gasteiger partial charge in [-0.05, 0) is 25.0 Å². The van der Waals surface area contributed by atoms with Crippen molar-refractivity contribution >= 4 is 10.0 Å². The van der Waals surface area contributed by atoms with E-state index in [4.69, 9.17) is 0 Å². The Morgan fingerprint density at radius 3 is 3.00 bits per heavy atom. The molecule has 2 N–H and O–H groups in total. The van der Waals surface area contributed by atoms with Crippen LogP contribution in [0.2, 0.25) is 0 Å². The lowest BCUT2D eigenvalue weighted by Gasteiger charge is -2.22. The summed E-state index contributed by atoms with van der Waals surface area (Å²) in [7, 11) is -3.45. The maximum Gasteiger partial charge on any atom is 0.246 e. The minimum Gasteiger partial charge on any atom is -0.364 e. The van der Waals surface area contributed by atoms with Crippen LogP contribution in [0.5, 0.6) is 0 Å². The molecule has 0 radical (unpaired) electrons. The van der Waals surface area contributed by atoms with Crippen LogP contribution in [0.1, 0.15) is 24.6 Å². The molecule has 0 saturated carbocycles. The van der Waals surface area contributed by atoms with Crippen molar-refractivity contribution in [3.63, 3.8) is 0 Å². The van der Waals surface area contributed by atoms with Gasteiger partial charge >= 0.3 is 0 Å². The van der Waals surface area contributed by atoms with Crippen LogP contribution in [-0.4, -0.2) is 34.4 Å². The summed E-state index contributed by atoms with van der Waals surface area (Å²) in [5, 5.41) is 6.25. The van der Waals surface area contributed by atoms with Crippen molar-refractivity contribution in [2.45, 2.75) is 23.8 Å². The number of nitrogens with one attached hydrogen (secondary N) is 2. The summed E-state index contributed by atoms with van der Waals surface area (Å²) in [5.41, 5.74) is 0.944. The molecule has 7 heteroatoms. The first-order chi connectivity index (χ1) is 8.69. The fourth-order valence-electron chi connectivity index (χ4n) is 2.41. The molecule has 1 fully saturated rings. The molecule has 1 atom stereocenters. The van der Waals surface area contributed by atoms with Crippen LogP contribution < -0.4 is 0 Å². The number of H-pyrrole nitrogens is 2. The van der Waals surface area contributed by atoms with E-state index in [0.29, 0.717) is 6.54 Å². The molecule has 0 bridgehead atoms. The second kappa shape index (κ2) is 4.25. The summed E-state index contributed by atoms with van der Waals surface area (Å²) in [5.74, 6) is 0. The molecule has 0 aliphatic carbocycles. The van der Waals surface area contributed by atoms with Crippen molar-refractivity contribution in [2.75, 3.05) is 6.54 Å². The highest BCUT2D eigenvalue weighted by atomic mass is 32.2. The van der Waals surface area contributed by atoms with E-state index in [1.165, 1.54) is 12.4 Å². The van der Waals surface area contributed by atoms with Crippen LogP contribution in [0.3, 0.4) is 0 Å². The van der Waals surface area contributed by atoms with Crippen LogP contribution in [-0.2, 0) is 10.0 Å². The van der Waals surface area contributed by atoms with Gasteiger partial charge in [0.1, 0.15) is 4.90 Å². The first-order valence-corrected chi connectivity index (χ1v) is 7.27. The maximum absolute atomic E-state index is 12.5. The summed E-state index contributed by atoms with van der Waals surface area (Å²) in [6.07, 6.45) is 6.30. The zero-order chi connectivity index (χ0) is 12.6. The number of aromatic amines is 2. The largest absolute Gasteiger partial charge is 0.364 e. The van der Waals surface area contributed by atoms with Crippen LogP contribution in [0.15, 0.2) is 35.6 Å². The Hall–Kier alpha value is -1.60. The average Bonchev–Trinajstić information content (AvgIpc) is 3.11. The molecule has 1 aliphatic heterocycles. The van der Waals surface area contributed by atoms with Gasteiger partial charge in [-0.3, -0.25) is 5.10 Å². The average molecular weight is 266 g/mol. The van der Waals surface area contributed by atoms with Crippen LogP contribution in [0.4, 0.5) is 0 Å². The number of hydrogen-bond acceptors (Lipinski definition) is 3. The molecule has 96 valence electrons. The Balaban J connectivity index is 1.97. The number of nitrogens with zero attached hydrogens (tertiary/aromatic N) is 2. The normalized spacial score (nSPS) is 21.4. The van der Waals surface area contributed by atoms with Gasteiger partial charge in [0.05, 0.1) is 12.2 Å². The van der Waals surface area contributed by atoms with Crippen molar-refractivity contribution in [2.24, 2.45) is 0 Å². The molecule has 1 unspecified atom stereocenters. The zero-order valence-electron chi connectivity index (χ0n) is 9.70. The lowest BCUT2D eigenvalue weighted by Crippen LogP contribution is -2.30. The minimum atomic E-state index is -3.45. The fourth-order valence-corrected chi connectivity index (χ4v) is 3.99. The maximum atomic E-state index is 12.5. The molecule has 2 aromatic rings. The molecular weight excluding hydrogens is 252 g/mol. The van der Waals surface area contributed by atoms with Gasteiger partial charge in [0.25, 0.3) is 0 Å². The van der Waals surface area contributed by atoms with Gasteiger partial charge in [0, 0.05) is 24.6 Å². The molecular formula is C11H14N4O2S. The van der Waals surface area contributed by atoms with Gasteiger partial charge in [-0.1, -0.05) is 0 Å². The Morgan fingerprint density at radius 2 is 2.33 bits per heavy atom. The number of aromatic nitrogens is 3. The summed E-state index contributed by atoms with van der Waals surface area (Å²) in [6.45, 7) is 0.553. The van der Waals surface area contributed by atoms with E-state index >= 15 is 0 Å². The zero-order valence-corrected chi connectivity index (χ0v) is 10.5. The van der Waals surface area contributed by atoms with Crippen molar-refractivity contribution in [3.05, 3.63) is 36.4 Å². The molecule has 18 heavy (non-hydrogen) atoms. The van der Waals surface area contributed by atoms with Crippen LogP contribution >= 0.6 is 0 Å². The number of sulfonamides is 1. The van der Waals surface area contributed by atoms with Gasteiger partial charge in [-0.15, -0.1) is 0 Å². The van der Waals surface area contributed by atoms with Crippen molar-refractivity contribution in [1.82, 2.24) is 19.5 Å². The molecule has 0 amide bonds. The Morgan fingerprint density at radius 1 is 1.44 bits per heavy atom. The Kier molecular flexibility index (Phi) is 2.71. The van der Waals surface area contributed by atoms with Crippen molar-refractivity contribution < 1.29 is 8.42 Å². The monoisotopic (exact) mass is 266 g/mol. The summed E-state index contributed by atoms with van der Waals surface area (Å²) >= 11 is 0. The van der Waals surface area contributed by atoms with Gasteiger partial charge in [0.15, 0.2) is 0 Å². The van der Waals surface area contributed by atoms with Gasteiger partial charge < -0.3 is 4.98 Å². The SMILES string of the molecule is O=S(=O)(c1cn[nH]c1)N1CCCC1c1ccc[nH]1. The molecule has 0 spiro atoms. The van der Waals surface area contributed by atoms with Crippen LogP contribution in [0, 0.1) is 0 Å². The van der Waals surface area contributed by atoms with Crippen LogP contribution in [0.25, 0.3) is 0 Å². The van der Waals surface area contributed by atoms with E-state index in [2.05, 4.69) is 15.2 Å². The van der Waals surface area contributed by atoms with Crippen molar-refractivity contribution in [3.8, 4) is 0 Å². The van der Waals surface area contributed by atoms with E-state index in [0.717, 1.165) is 18.5 Å². The minimum absolute atomic E-state index is 0.0973. The smallest absolute Gasteiger partial charge is 0.246 e.